The Bertz CT molecular complexity index is 987. The van der Waals surface area contributed by atoms with Gasteiger partial charge in [-0.15, -0.1) is 0 Å². The standard InChI is InChI=1S/C23H30ClFN6O2/c1-14-3-4-16(13-31(14)2)23(32)30-20-9-17(18(24)11-26-20)19-12-27-21(25)22(29-19)28-10-15-5-7-33-8-6-15/h9,11-12,14-16H,3-8,10,13H2,1-2H3,(H,28,29)(H,26,30,32). The zero-order valence-electron chi connectivity index (χ0n) is 19.0. The van der Waals surface area contributed by atoms with Crippen LogP contribution in [0.15, 0.2) is 18.5 Å². The van der Waals surface area contributed by atoms with Crippen molar-refractivity contribution >= 4 is 29.1 Å². The van der Waals surface area contributed by atoms with Gasteiger partial charge in [-0.1, -0.05) is 11.6 Å². The number of likely N-dealkylation sites (tertiary alicyclic amines) is 1. The van der Waals surface area contributed by atoms with Gasteiger partial charge < -0.3 is 20.3 Å². The van der Waals surface area contributed by atoms with E-state index in [1.165, 1.54) is 12.4 Å². The minimum atomic E-state index is -0.667. The molecule has 2 aliphatic heterocycles. The van der Waals surface area contributed by atoms with Crippen molar-refractivity contribution in [1.29, 1.82) is 0 Å². The highest BCUT2D eigenvalue weighted by atomic mass is 35.5. The third-order valence-corrected chi connectivity index (χ3v) is 6.88. The zero-order chi connectivity index (χ0) is 23.4. The average Bonchev–Trinajstić information content (AvgIpc) is 2.82. The molecule has 2 unspecified atom stereocenters. The van der Waals surface area contributed by atoms with Gasteiger partial charge in [-0.25, -0.2) is 15.0 Å². The maximum atomic E-state index is 14.3. The van der Waals surface area contributed by atoms with E-state index < -0.39 is 5.95 Å². The van der Waals surface area contributed by atoms with Crippen LogP contribution in [0.2, 0.25) is 5.02 Å². The van der Waals surface area contributed by atoms with Gasteiger partial charge in [0.15, 0.2) is 5.82 Å². The van der Waals surface area contributed by atoms with E-state index in [1.807, 2.05) is 7.05 Å². The molecule has 10 heteroatoms. The Balaban J connectivity index is 1.47. The molecule has 33 heavy (non-hydrogen) atoms. The fourth-order valence-electron chi connectivity index (χ4n) is 4.24. The van der Waals surface area contributed by atoms with Gasteiger partial charge in [0, 0.05) is 44.1 Å². The zero-order valence-corrected chi connectivity index (χ0v) is 19.7. The summed E-state index contributed by atoms with van der Waals surface area (Å²) in [6.45, 7) is 4.91. The Morgan fingerprint density at radius 3 is 2.79 bits per heavy atom. The number of anilines is 2. The van der Waals surface area contributed by atoms with Crippen LogP contribution < -0.4 is 10.6 Å². The van der Waals surface area contributed by atoms with Crippen LogP contribution in [0, 0.1) is 17.8 Å². The smallest absolute Gasteiger partial charge is 0.255 e. The van der Waals surface area contributed by atoms with Crippen LogP contribution in [0.4, 0.5) is 16.0 Å². The molecule has 4 rings (SSSR count). The Morgan fingerprint density at radius 2 is 2.03 bits per heavy atom. The summed E-state index contributed by atoms with van der Waals surface area (Å²) in [6, 6.07) is 2.13. The molecule has 2 atom stereocenters. The van der Waals surface area contributed by atoms with E-state index in [2.05, 4.69) is 37.4 Å². The number of nitrogens with zero attached hydrogens (tertiary/aromatic N) is 4. The third-order valence-electron chi connectivity index (χ3n) is 6.57. The second-order valence-electron chi connectivity index (χ2n) is 8.93. The SMILES string of the molecule is CC1CCC(C(=O)Nc2cc(-c3cnc(F)c(NCC4CCOCC4)n3)c(Cl)cn2)CN1C. The van der Waals surface area contributed by atoms with E-state index >= 15 is 0 Å². The first-order valence-corrected chi connectivity index (χ1v) is 11.8. The van der Waals surface area contributed by atoms with Gasteiger partial charge in [0.2, 0.25) is 5.91 Å². The summed E-state index contributed by atoms with van der Waals surface area (Å²) in [6.07, 6.45) is 6.46. The summed E-state index contributed by atoms with van der Waals surface area (Å²) in [7, 11) is 2.03. The molecule has 178 valence electrons. The van der Waals surface area contributed by atoms with Crippen molar-refractivity contribution in [3.05, 3.63) is 29.4 Å². The van der Waals surface area contributed by atoms with E-state index in [1.54, 1.807) is 6.07 Å². The summed E-state index contributed by atoms with van der Waals surface area (Å²) in [4.78, 5) is 27.5. The molecule has 1 amide bonds. The van der Waals surface area contributed by atoms with E-state index in [0.717, 1.165) is 38.9 Å². The van der Waals surface area contributed by atoms with Crippen LogP contribution in [0.3, 0.4) is 0 Å². The van der Waals surface area contributed by atoms with E-state index in [4.69, 9.17) is 16.3 Å². The molecular weight excluding hydrogens is 447 g/mol. The fourth-order valence-corrected chi connectivity index (χ4v) is 4.44. The first kappa shape index (κ1) is 23.8. The molecule has 4 heterocycles. The average molecular weight is 477 g/mol. The van der Waals surface area contributed by atoms with Gasteiger partial charge in [0.25, 0.3) is 5.95 Å². The highest BCUT2D eigenvalue weighted by Crippen LogP contribution is 2.30. The summed E-state index contributed by atoms with van der Waals surface area (Å²) in [5.41, 5.74) is 0.929. The molecule has 2 aromatic rings. The van der Waals surface area contributed by atoms with Gasteiger partial charge in [0.05, 0.1) is 22.8 Å². The number of piperidine rings is 1. The first-order chi connectivity index (χ1) is 15.9. The molecule has 0 aromatic carbocycles. The monoisotopic (exact) mass is 476 g/mol. The number of amides is 1. The van der Waals surface area contributed by atoms with Crippen molar-refractivity contribution in [2.24, 2.45) is 11.8 Å². The number of hydrogen-bond acceptors (Lipinski definition) is 7. The molecule has 2 N–H and O–H groups in total. The summed E-state index contributed by atoms with van der Waals surface area (Å²) in [5.74, 6) is 0.0227. The van der Waals surface area contributed by atoms with Crippen molar-refractivity contribution in [3.8, 4) is 11.3 Å². The second kappa shape index (κ2) is 10.7. The molecule has 0 aliphatic carbocycles. The van der Waals surface area contributed by atoms with E-state index in [-0.39, 0.29) is 17.6 Å². The minimum Gasteiger partial charge on any atom is -0.381 e. The summed E-state index contributed by atoms with van der Waals surface area (Å²) >= 11 is 6.36. The molecular formula is C23H30ClFN6O2. The highest BCUT2D eigenvalue weighted by Gasteiger charge is 2.28. The van der Waals surface area contributed by atoms with Crippen LogP contribution in [0.25, 0.3) is 11.3 Å². The van der Waals surface area contributed by atoms with Crippen LogP contribution in [0.1, 0.15) is 32.6 Å². The maximum Gasteiger partial charge on any atom is 0.255 e. The lowest BCUT2D eigenvalue weighted by Gasteiger charge is -2.34. The van der Waals surface area contributed by atoms with Crippen LogP contribution in [0.5, 0.6) is 0 Å². The van der Waals surface area contributed by atoms with Crippen molar-refractivity contribution < 1.29 is 13.9 Å². The van der Waals surface area contributed by atoms with Gasteiger partial charge in [-0.2, -0.15) is 4.39 Å². The molecule has 2 aromatic heterocycles. The summed E-state index contributed by atoms with van der Waals surface area (Å²) in [5, 5.41) is 6.31. The number of hydrogen-bond donors (Lipinski definition) is 2. The molecule has 0 saturated carbocycles. The number of carbonyl (C=O) groups excluding carboxylic acids is 1. The van der Waals surface area contributed by atoms with Crippen LogP contribution in [-0.2, 0) is 9.53 Å². The van der Waals surface area contributed by atoms with Crippen LogP contribution >= 0.6 is 11.6 Å². The predicted molar refractivity (Wildman–Crippen MR) is 126 cm³/mol. The number of rotatable bonds is 6. The Morgan fingerprint density at radius 1 is 1.24 bits per heavy atom. The van der Waals surface area contributed by atoms with E-state index in [9.17, 15) is 9.18 Å². The van der Waals surface area contributed by atoms with Gasteiger partial charge >= 0.3 is 0 Å². The summed E-state index contributed by atoms with van der Waals surface area (Å²) < 4.78 is 19.7. The molecule has 0 bridgehead atoms. The second-order valence-corrected chi connectivity index (χ2v) is 9.34. The molecule has 0 spiro atoms. The quantitative estimate of drug-likeness (QED) is 0.654. The lowest BCUT2D eigenvalue weighted by molar-refractivity contribution is -0.121. The number of halogens is 2. The van der Waals surface area contributed by atoms with Gasteiger partial charge in [0.1, 0.15) is 5.82 Å². The number of ether oxygens (including phenoxy) is 1. The van der Waals surface area contributed by atoms with E-state index in [0.29, 0.717) is 47.1 Å². The van der Waals surface area contributed by atoms with Crippen LogP contribution in [-0.4, -0.2) is 65.2 Å². The lowest BCUT2D eigenvalue weighted by atomic mass is 9.93. The number of aromatic nitrogens is 3. The Labute approximate surface area is 198 Å². The molecule has 2 fully saturated rings. The van der Waals surface area contributed by atoms with Crippen molar-refractivity contribution in [1.82, 2.24) is 19.9 Å². The largest absolute Gasteiger partial charge is 0.381 e. The Kier molecular flexibility index (Phi) is 7.72. The number of nitrogens with one attached hydrogen (secondary N) is 2. The number of pyridine rings is 1. The molecule has 2 aliphatic rings. The topological polar surface area (TPSA) is 92.3 Å². The molecule has 8 nitrogen and oxygen atoms in total. The predicted octanol–water partition coefficient (Wildman–Crippen LogP) is 3.84. The fraction of sp³-hybridized carbons (Fsp3) is 0.565. The van der Waals surface area contributed by atoms with Crippen molar-refractivity contribution in [2.75, 3.05) is 44.0 Å². The lowest BCUT2D eigenvalue weighted by Crippen LogP contribution is -2.43. The normalized spacial score (nSPS) is 22.2. The van der Waals surface area contributed by atoms with Crippen molar-refractivity contribution in [3.63, 3.8) is 0 Å². The van der Waals surface area contributed by atoms with Gasteiger partial charge in [-0.05, 0) is 51.6 Å². The van der Waals surface area contributed by atoms with Crippen molar-refractivity contribution in [2.45, 2.75) is 38.6 Å². The van der Waals surface area contributed by atoms with Gasteiger partial charge in [-0.3, -0.25) is 4.79 Å². The molecule has 0 radical (unpaired) electrons. The maximum absolute atomic E-state index is 14.3. The molecule has 2 saturated heterocycles. The third kappa shape index (κ3) is 5.96. The highest BCUT2D eigenvalue weighted by molar-refractivity contribution is 6.33. The minimum absolute atomic E-state index is 0.0708. The first-order valence-electron chi connectivity index (χ1n) is 11.4. The number of carbonyl (C=O) groups is 1. The Hall–Kier alpha value is -2.36.